The van der Waals surface area contributed by atoms with E-state index in [9.17, 15) is 27.6 Å². The van der Waals surface area contributed by atoms with Gasteiger partial charge in [0.15, 0.2) is 0 Å². The molecular weight excluding hydrogens is 447 g/mol. The van der Waals surface area contributed by atoms with Gasteiger partial charge in [-0.1, -0.05) is 25.1 Å². The lowest BCUT2D eigenvalue weighted by atomic mass is 9.75. The average Bonchev–Trinajstić information content (AvgIpc) is 3.51. The largest absolute Gasteiger partial charge is 0.416 e. The fraction of sp³-hybridized carbons (Fsp3) is 0.400. The van der Waals surface area contributed by atoms with E-state index in [-0.39, 0.29) is 17.6 Å². The first-order valence-electron chi connectivity index (χ1n) is 11.5. The molecule has 2 aromatic carbocycles. The Morgan fingerprint density at radius 2 is 1.88 bits per heavy atom. The van der Waals surface area contributed by atoms with Crippen molar-refractivity contribution < 1.29 is 27.6 Å². The van der Waals surface area contributed by atoms with Crippen molar-refractivity contribution in [1.82, 2.24) is 4.90 Å². The predicted octanol–water partition coefficient (Wildman–Crippen LogP) is 3.70. The molecule has 34 heavy (non-hydrogen) atoms. The second kappa shape index (κ2) is 6.91. The van der Waals surface area contributed by atoms with Crippen LogP contribution >= 0.6 is 0 Å². The lowest BCUT2D eigenvalue weighted by molar-refractivity contribution is -0.137. The van der Waals surface area contributed by atoms with Gasteiger partial charge >= 0.3 is 6.18 Å². The van der Waals surface area contributed by atoms with Crippen molar-refractivity contribution in [2.45, 2.75) is 43.9 Å². The highest BCUT2D eigenvalue weighted by Crippen LogP contribution is 2.60. The molecule has 1 spiro atoms. The van der Waals surface area contributed by atoms with Crippen molar-refractivity contribution in [3.63, 3.8) is 0 Å². The molecule has 3 fully saturated rings. The highest BCUT2D eigenvalue weighted by Gasteiger charge is 2.74. The van der Waals surface area contributed by atoms with Crippen molar-refractivity contribution in [3.8, 4) is 0 Å². The van der Waals surface area contributed by atoms with Crippen LogP contribution in [0.3, 0.4) is 0 Å². The van der Waals surface area contributed by atoms with E-state index in [1.807, 2.05) is 30.0 Å². The summed E-state index contributed by atoms with van der Waals surface area (Å²) in [5, 5.41) is 2.91. The Labute approximate surface area is 193 Å². The third-order valence-corrected chi connectivity index (χ3v) is 7.90. The molecule has 4 heterocycles. The number of hydrogen-bond acceptors (Lipinski definition) is 4. The summed E-state index contributed by atoms with van der Waals surface area (Å²) in [6, 6.07) is 9.61. The number of imide groups is 1. The highest BCUT2D eigenvalue weighted by atomic mass is 19.4. The van der Waals surface area contributed by atoms with Crippen LogP contribution in [0.25, 0.3) is 0 Å². The molecule has 9 heteroatoms. The van der Waals surface area contributed by atoms with E-state index in [1.54, 1.807) is 0 Å². The van der Waals surface area contributed by atoms with E-state index in [4.69, 9.17) is 0 Å². The minimum Gasteiger partial charge on any atom is -0.324 e. The zero-order valence-electron chi connectivity index (χ0n) is 18.4. The number of amides is 3. The molecule has 4 aliphatic heterocycles. The SMILES string of the molecule is CCc1ccc2c(c1)[C@]1(C(=O)N2)[C@@H]2C(=O)N(c3cccc(C(F)(F)F)c3)C(=O)[C@@H]2[C@H]2CCCN21. The molecule has 0 bridgehead atoms. The van der Waals surface area contributed by atoms with Crippen LogP contribution in [0.1, 0.15) is 36.5 Å². The summed E-state index contributed by atoms with van der Waals surface area (Å²) in [5.74, 6) is -3.27. The minimum atomic E-state index is -4.61. The van der Waals surface area contributed by atoms with E-state index in [0.717, 1.165) is 35.4 Å². The topological polar surface area (TPSA) is 69.7 Å². The molecule has 176 valence electrons. The van der Waals surface area contributed by atoms with Gasteiger partial charge in [0.1, 0.15) is 5.54 Å². The van der Waals surface area contributed by atoms with Crippen LogP contribution in [-0.2, 0) is 32.5 Å². The van der Waals surface area contributed by atoms with Gasteiger partial charge in [-0.25, -0.2) is 4.90 Å². The molecule has 6 rings (SSSR count). The van der Waals surface area contributed by atoms with Crippen LogP contribution in [-0.4, -0.2) is 35.2 Å². The summed E-state index contributed by atoms with van der Waals surface area (Å²) in [4.78, 5) is 44.0. The van der Waals surface area contributed by atoms with Gasteiger partial charge in [0.2, 0.25) is 17.7 Å². The zero-order valence-corrected chi connectivity index (χ0v) is 18.4. The van der Waals surface area contributed by atoms with Crippen molar-refractivity contribution in [2.24, 2.45) is 11.8 Å². The first kappa shape index (κ1) is 21.3. The van der Waals surface area contributed by atoms with Gasteiger partial charge in [0, 0.05) is 17.3 Å². The Bertz CT molecular complexity index is 1260. The van der Waals surface area contributed by atoms with Gasteiger partial charge in [-0.15, -0.1) is 0 Å². The number of fused-ring (bicyclic) bond motifs is 7. The van der Waals surface area contributed by atoms with Crippen molar-refractivity contribution in [2.75, 3.05) is 16.8 Å². The molecule has 0 saturated carbocycles. The first-order valence-corrected chi connectivity index (χ1v) is 11.5. The van der Waals surface area contributed by atoms with Crippen LogP contribution in [0.15, 0.2) is 42.5 Å². The summed E-state index contributed by atoms with van der Waals surface area (Å²) in [6.45, 7) is 2.57. The second-order valence-corrected chi connectivity index (χ2v) is 9.42. The molecule has 0 aliphatic carbocycles. The van der Waals surface area contributed by atoms with Crippen LogP contribution in [0, 0.1) is 11.8 Å². The average molecular weight is 469 g/mol. The maximum absolute atomic E-state index is 13.9. The maximum atomic E-state index is 13.9. The standard InChI is InChI=1S/C25H22F3N3O3/c1-2-13-8-9-17-16(11-13)24(23(34)29-17)20-19(18-7-4-10-30(18)24)21(32)31(22(20)33)15-6-3-5-14(12-15)25(26,27)28/h3,5-6,8-9,11-12,18-20H,2,4,7,10H2,1H3,(H,29,34)/t18-,19-,20+,24-/m1/s1. The summed E-state index contributed by atoms with van der Waals surface area (Å²) in [6.07, 6.45) is -2.45. The van der Waals surface area contributed by atoms with Gasteiger partial charge in [0.25, 0.3) is 0 Å². The summed E-state index contributed by atoms with van der Waals surface area (Å²) >= 11 is 0. The third kappa shape index (κ3) is 2.53. The van der Waals surface area contributed by atoms with Gasteiger partial charge in [-0.3, -0.25) is 19.3 Å². The number of nitrogens with one attached hydrogen (secondary N) is 1. The Kier molecular flexibility index (Phi) is 4.34. The summed E-state index contributed by atoms with van der Waals surface area (Å²) < 4.78 is 40.0. The number of halogens is 3. The van der Waals surface area contributed by atoms with E-state index in [0.29, 0.717) is 24.2 Å². The van der Waals surface area contributed by atoms with E-state index in [1.165, 1.54) is 12.1 Å². The van der Waals surface area contributed by atoms with Crippen molar-refractivity contribution >= 4 is 29.1 Å². The molecule has 0 unspecified atom stereocenters. The fourth-order valence-corrected chi connectivity index (χ4v) is 6.55. The molecule has 1 N–H and O–H groups in total. The maximum Gasteiger partial charge on any atom is 0.416 e. The normalized spacial score (nSPS) is 30.2. The Morgan fingerprint density at radius 1 is 1.09 bits per heavy atom. The number of carbonyl (C=O) groups is 3. The van der Waals surface area contributed by atoms with Crippen molar-refractivity contribution in [3.05, 3.63) is 59.2 Å². The summed E-state index contributed by atoms with van der Waals surface area (Å²) in [5.41, 5.74) is -0.0821. The Balaban J connectivity index is 1.52. The van der Waals surface area contributed by atoms with Crippen LogP contribution in [0.2, 0.25) is 0 Å². The number of carbonyl (C=O) groups excluding carboxylic acids is 3. The van der Waals surface area contributed by atoms with Crippen molar-refractivity contribution in [1.29, 1.82) is 0 Å². The quantitative estimate of drug-likeness (QED) is 0.682. The third-order valence-electron chi connectivity index (χ3n) is 7.90. The van der Waals surface area contributed by atoms with E-state index in [2.05, 4.69) is 5.32 Å². The highest BCUT2D eigenvalue weighted by molar-refractivity contribution is 6.25. The number of hydrogen-bond donors (Lipinski definition) is 1. The number of anilines is 2. The molecule has 0 aromatic heterocycles. The number of alkyl halides is 3. The Morgan fingerprint density at radius 3 is 2.62 bits per heavy atom. The molecule has 4 aliphatic rings. The lowest BCUT2D eigenvalue weighted by Crippen LogP contribution is -2.54. The molecule has 2 aromatic rings. The van der Waals surface area contributed by atoms with Crippen LogP contribution in [0.4, 0.5) is 24.5 Å². The fourth-order valence-electron chi connectivity index (χ4n) is 6.55. The van der Waals surface area contributed by atoms with E-state index >= 15 is 0 Å². The molecule has 4 atom stereocenters. The number of nitrogens with zero attached hydrogens (tertiary/aromatic N) is 2. The molecule has 3 saturated heterocycles. The monoisotopic (exact) mass is 469 g/mol. The number of aryl methyl sites for hydroxylation is 1. The summed E-state index contributed by atoms with van der Waals surface area (Å²) in [7, 11) is 0. The first-order chi connectivity index (χ1) is 16.2. The van der Waals surface area contributed by atoms with Crippen LogP contribution in [0.5, 0.6) is 0 Å². The molecule has 0 radical (unpaired) electrons. The Hall–Kier alpha value is -3.20. The molecular formula is C25H22F3N3O3. The number of rotatable bonds is 2. The van der Waals surface area contributed by atoms with Crippen LogP contribution < -0.4 is 10.2 Å². The molecule has 6 nitrogen and oxygen atoms in total. The smallest absolute Gasteiger partial charge is 0.324 e. The van der Waals surface area contributed by atoms with Gasteiger partial charge in [-0.2, -0.15) is 13.2 Å². The predicted molar refractivity (Wildman–Crippen MR) is 117 cm³/mol. The van der Waals surface area contributed by atoms with Gasteiger partial charge in [-0.05, 0) is 55.6 Å². The zero-order chi connectivity index (χ0) is 24.0. The lowest BCUT2D eigenvalue weighted by Gasteiger charge is -2.36. The second-order valence-electron chi connectivity index (χ2n) is 9.42. The van der Waals surface area contributed by atoms with Gasteiger partial charge < -0.3 is 5.32 Å². The van der Waals surface area contributed by atoms with Gasteiger partial charge in [0.05, 0.1) is 23.1 Å². The van der Waals surface area contributed by atoms with E-state index < -0.39 is 40.9 Å². The molecule has 3 amide bonds. The minimum absolute atomic E-state index is 0.111. The number of benzene rings is 2.